The van der Waals surface area contributed by atoms with E-state index in [0.717, 1.165) is 6.07 Å². The summed E-state index contributed by atoms with van der Waals surface area (Å²) in [6.45, 7) is 2.47. The maximum absolute atomic E-state index is 13.4. The number of hydrogen-bond donors (Lipinski definition) is 0. The van der Waals surface area contributed by atoms with E-state index in [2.05, 4.69) is 4.98 Å². The molecule has 0 amide bonds. The van der Waals surface area contributed by atoms with E-state index in [1.807, 2.05) is 0 Å². The summed E-state index contributed by atoms with van der Waals surface area (Å²) in [5, 5.41) is -0.104. The van der Waals surface area contributed by atoms with Gasteiger partial charge in [-0.2, -0.15) is 13.2 Å². The highest BCUT2D eigenvalue weighted by Gasteiger charge is 2.34. The SMILES string of the molecule is CCOC(=O)c1cc2c(C(F)(F)F)ccc(OCCn3ccnc3)c2n1C. The van der Waals surface area contributed by atoms with E-state index in [4.69, 9.17) is 9.47 Å². The second-order valence-electron chi connectivity index (χ2n) is 5.83. The van der Waals surface area contributed by atoms with E-state index in [1.165, 1.54) is 23.7 Å². The number of fused-ring (bicyclic) bond motifs is 1. The molecule has 0 saturated heterocycles. The maximum Gasteiger partial charge on any atom is 0.417 e. The van der Waals surface area contributed by atoms with Gasteiger partial charge in [-0.15, -0.1) is 0 Å². The van der Waals surface area contributed by atoms with Gasteiger partial charge in [0.1, 0.15) is 18.1 Å². The lowest BCUT2D eigenvalue weighted by atomic mass is 10.1. The molecule has 9 heteroatoms. The van der Waals surface area contributed by atoms with Gasteiger partial charge in [-0.25, -0.2) is 9.78 Å². The van der Waals surface area contributed by atoms with Crippen molar-refractivity contribution in [3.63, 3.8) is 0 Å². The third kappa shape index (κ3) is 3.76. The lowest BCUT2D eigenvalue weighted by molar-refractivity contribution is -0.136. The molecule has 0 spiro atoms. The molecular formula is C18H18F3N3O3. The number of aromatic nitrogens is 3. The van der Waals surface area contributed by atoms with Crippen LogP contribution in [0.3, 0.4) is 0 Å². The van der Waals surface area contributed by atoms with Gasteiger partial charge >= 0.3 is 12.1 Å². The third-order valence-corrected chi connectivity index (χ3v) is 4.11. The number of carbonyl (C=O) groups excluding carboxylic acids is 1. The third-order valence-electron chi connectivity index (χ3n) is 4.11. The second kappa shape index (κ2) is 7.34. The van der Waals surface area contributed by atoms with E-state index >= 15 is 0 Å². The van der Waals surface area contributed by atoms with E-state index in [1.54, 1.807) is 30.2 Å². The minimum absolute atomic E-state index is 0.0306. The van der Waals surface area contributed by atoms with Gasteiger partial charge in [-0.3, -0.25) is 0 Å². The average Bonchev–Trinajstić information content (AvgIpc) is 3.22. The molecule has 2 heterocycles. The quantitative estimate of drug-likeness (QED) is 0.612. The first-order valence-corrected chi connectivity index (χ1v) is 8.28. The molecule has 0 aliphatic rings. The highest BCUT2D eigenvalue weighted by atomic mass is 19.4. The first-order valence-electron chi connectivity index (χ1n) is 8.28. The minimum atomic E-state index is -4.55. The number of benzene rings is 1. The van der Waals surface area contributed by atoms with Crippen LogP contribution in [0.4, 0.5) is 13.2 Å². The topological polar surface area (TPSA) is 58.3 Å². The van der Waals surface area contributed by atoms with Crippen LogP contribution in [0.5, 0.6) is 5.75 Å². The fraction of sp³-hybridized carbons (Fsp3) is 0.333. The Labute approximate surface area is 153 Å². The largest absolute Gasteiger partial charge is 0.490 e. The predicted molar refractivity (Wildman–Crippen MR) is 91.6 cm³/mol. The molecule has 6 nitrogen and oxygen atoms in total. The lowest BCUT2D eigenvalue weighted by Gasteiger charge is -2.13. The average molecular weight is 381 g/mol. The van der Waals surface area contributed by atoms with Crippen LogP contribution in [0.2, 0.25) is 0 Å². The van der Waals surface area contributed by atoms with Crippen LogP contribution in [-0.2, 0) is 24.5 Å². The number of aryl methyl sites for hydroxylation is 1. The molecule has 0 saturated carbocycles. The Kier molecular flexibility index (Phi) is 5.11. The molecule has 0 fully saturated rings. The van der Waals surface area contributed by atoms with Crippen LogP contribution in [0.15, 0.2) is 36.9 Å². The summed E-state index contributed by atoms with van der Waals surface area (Å²) < 4.78 is 54.0. The second-order valence-corrected chi connectivity index (χ2v) is 5.83. The lowest BCUT2D eigenvalue weighted by Crippen LogP contribution is -2.11. The Bertz CT molecular complexity index is 946. The number of rotatable bonds is 6. The predicted octanol–water partition coefficient (Wildman–Crippen LogP) is 3.65. The van der Waals surface area contributed by atoms with Crippen molar-refractivity contribution >= 4 is 16.9 Å². The van der Waals surface area contributed by atoms with Crippen molar-refractivity contribution in [3.8, 4) is 5.75 Å². The molecule has 1 aromatic carbocycles. The van der Waals surface area contributed by atoms with Gasteiger partial charge < -0.3 is 18.6 Å². The summed E-state index contributed by atoms with van der Waals surface area (Å²) in [5.74, 6) is -0.426. The zero-order valence-corrected chi connectivity index (χ0v) is 14.8. The van der Waals surface area contributed by atoms with Gasteiger partial charge in [0.15, 0.2) is 0 Å². The monoisotopic (exact) mass is 381 g/mol. The Morgan fingerprint density at radius 3 is 2.70 bits per heavy atom. The van der Waals surface area contributed by atoms with Crippen LogP contribution in [0.1, 0.15) is 23.0 Å². The Hall–Kier alpha value is -2.97. The molecular weight excluding hydrogens is 363 g/mol. The van der Waals surface area contributed by atoms with E-state index in [0.29, 0.717) is 6.54 Å². The Morgan fingerprint density at radius 1 is 1.30 bits per heavy atom. The van der Waals surface area contributed by atoms with E-state index in [9.17, 15) is 18.0 Å². The van der Waals surface area contributed by atoms with Gasteiger partial charge in [0.2, 0.25) is 0 Å². The van der Waals surface area contributed by atoms with Crippen molar-refractivity contribution in [2.45, 2.75) is 19.6 Å². The van der Waals surface area contributed by atoms with Crippen LogP contribution in [0.25, 0.3) is 10.9 Å². The molecule has 0 aliphatic carbocycles. The van der Waals surface area contributed by atoms with Crippen molar-refractivity contribution in [1.29, 1.82) is 0 Å². The molecule has 3 aromatic rings. The number of alkyl halides is 3. The summed E-state index contributed by atoms with van der Waals surface area (Å²) in [7, 11) is 1.51. The van der Waals surface area contributed by atoms with Gasteiger partial charge in [0.25, 0.3) is 0 Å². The number of esters is 1. The Balaban J connectivity index is 2.01. The summed E-state index contributed by atoms with van der Waals surface area (Å²) in [4.78, 5) is 16.0. The fourth-order valence-corrected chi connectivity index (χ4v) is 2.88. The van der Waals surface area contributed by atoms with Crippen molar-refractivity contribution in [2.24, 2.45) is 7.05 Å². The first-order chi connectivity index (χ1) is 12.8. The molecule has 0 bridgehead atoms. The van der Waals surface area contributed by atoms with E-state index < -0.39 is 17.7 Å². The molecule has 0 aliphatic heterocycles. The molecule has 0 radical (unpaired) electrons. The van der Waals surface area contributed by atoms with Crippen LogP contribution in [0, 0.1) is 0 Å². The zero-order chi connectivity index (χ0) is 19.6. The van der Waals surface area contributed by atoms with Crippen LogP contribution in [-0.4, -0.2) is 33.3 Å². The maximum atomic E-state index is 13.4. The molecule has 3 rings (SSSR count). The minimum Gasteiger partial charge on any atom is -0.490 e. The number of imidazole rings is 1. The standard InChI is InChI=1S/C18H18F3N3O3/c1-3-26-17(25)14-10-12-13(18(19,20)21)4-5-15(16(12)23(14)2)27-9-8-24-7-6-22-11-24/h4-7,10-11H,3,8-9H2,1-2H3. The molecule has 0 N–H and O–H groups in total. The molecule has 2 aromatic heterocycles. The van der Waals surface area contributed by atoms with Crippen molar-refractivity contribution in [2.75, 3.05) is 13.2 Å². The van der Waals surface area contributed by atoms with E-state index in [-0.39, 0.29) is 35.6 Å². The summed E-state index contributed by atoms with van der Waals surface area (Å²) in [6.07, 6.45) is 0.445. The van der Waals surface area contributed by atoms with Crippen molar-refractivity contribution in [3.05, 3.63) is 48.2 Å². The van der Waals surface area contributed by atoms with Crippen molar-refractivity contribution in [1.82, 2.24) is 14.1 Å². The fourth-order valence-electron chi connectivity index (χ4n) is 2.88. The summed E-state index contributed by atoms with van der Waals surface area (Å²) >= 11 is 0. The molecule has 144 valence electrons. The van der Waals surface area contributed by atoms with Crippen molar-refractivity contribution < 1.29 is 27.4 Å². The van der Waals surface area contributed by atoms with Crippen LogP contribution >= 0.6 is 0 Å². The van der Waals surface area contributed by atoms with Crippen LogP contribution < -0.4 is 4.74 Å². The van der Waals surface area contributed by atoms with Gasteiger partial charge in [0.05, 0.1) is 30.6 Å². The first kappa shape index (κ1) is 18.8. The van der Waals surface area contributed by atoms with Gasteiger partial charge in [0, 0.05) is 24.8 Å². The number of ether oxygens (including phenoxy) is 2. The normalized spacial score (nSPS) is 11.7. The molecule has 0 unspecified atom stereocenters. The number of nitrogens with zero attached hydrogens (tertiary/aromatic N) is 3. The highest BCUT2D eigenvalue weighted by Crippen LogP contribution is 2.39. The number of carbonyl (C=O) groups is 1. The summed E-state index contributed by atoms with van der Waals surface area (Å²) in [6, 6.07) is 3.43. The molecule has 27 heavy (non-hydrogen) atoms. The van der Waals surface area contributed by atoms with Gasteiger partial charge in [-0.1, -0.05) is 0 Å². The zero-order valence-electron chi connectivity index (χ0n) is 14.8. The number of hydrogen-bond acceptors (Lipinski definition) is 4. The Morgan fingerprint density at radius 2 is 2.07 bits per heavy atom. The summed E-state index contributed by atoms with van der Waals surface area (Å²) in [5.41, 5.74) is -0.605. The molecule has 0 atom stereocenters. The smallest absolute Gasteiger partial charge is 0.417 e. The highest BCUT2D eigenvalue weighted by molar-refractivity contribution is 5.99. The van der Waals surface area contributed by atoms with Gasteiger partial charge in [-0.05, 0) is 25.1 Å². The number of halogens is 3.